The molecular formula is C13H10ClN3O5S. The summed E-state index contributed by atoms with van der Waals surface area (Å²) >= 11 is 5.71. The first-order valence-corrected chi connectivity index (χ1v) is 7.94. The number of nitro benzene ring substituents is 1. The third kappa shape index (κ3) is 3.96. The second-order valence-corrected chi connectivity index (χ2v) is 6.38. The molecule has 0 spiro atoms. The van der Waals surface area contributed by atoms with Gasteiger partial charge in [0.25, 0.3) is 10.0 Å². The Morgan fingerprint density at radius 1 is 1.26 bits per heavy atom. The number of phenols is 1. The first-order valence-electron chi connectivity index (χ1n) is 6.08. The smallest absolute Gasteiger partial charge is 0.312 e. The summed E-state index contributed by atoms with van der Waals surface area (Å²) in [5.74, 6) is -0.665. The molecule has 0 aliphatic carbocycles. The molecular weight excluding hydrogens is 346 g/mol. The number of nitrogens with zero attached hydrogens (tertiary/aromatic N) is 2. The van der Waals surface area contributed by atoms with Crippen LogP contribution in [0.15, 0.2) is 52.5 Å². The van der Waals surface area contributed by atoms with Gasteiger partial charge in [0, 0.05) is 16.7 Å². The van der Waals surface area contributed by atoms with Gasteiger partial charge in [0.2, 0.25) is 5.75 Å². The number of hydrazone groups is 1. The van der Waals surface area contributed by atoms with Crippen molar-refractivity contribution < 1.29 is 18.4 Å². The van der Waals surface area contributed by atoms with Gasteiger partial charge in [-0.25, -0.2) is 4.83 Å². The first kappa shape index (κ1) is 16.7. The Morgan fingerprint density at radius 2 is 1.91 bits per heavy atom. The molecule has 23 heavy (non-hydrogen) atoms. The molecule has 0 unspecified atom stereocenters. The van der Waals surface area contributed by atoms with Gasteiger partial charge in [-0.2, -0.15) is 13.5 Å². The van der Waals surface area contributed by atoms with Crippen LogP contribution in [0.25, 0.3) is 0 Å². The zero-order valence-corrected chi connectivity index (χ0v) is 13.0. The van der Waals surface area contributed by atoms with Gasteiger partial charge in [-0.05, 0) is 18.2 Å². The topological polar surface area (TPSA) is 122 Å². The van der Waals surface area contributed by atoms with Crippen molar-refractivity contribution in [2.45, 2.75) is 4.90 Å². The third-order valence-corrected chi connectivity index (χ3v) is 4.17. The Bertz CT molecular complexity index is 869. The standard InChI is InChI=1S/C13H10ClN3O5S/c14-10-6-9(13(18)12(7-10)17(19)20)8-15-16-23(21,22)11-4-2-1-3-5-11/h1-8,16,18H. The number of aromatic hydroxyl groups is 1. The normalized spacial score (nSPS) is 11.5. The highest BCUT2D eigenvalue weighted by Gasteiger charge is 2.18. The predicted molar refractivity (Wildman–Crippen MR) is 84.1 cm³/mol. The summed E-state index contributed by atoms with van der Waals surface area (Å²) in [4.78, 5) is 11.9. The van der Waals surface area contributed by atoms with E-state index < -0.39 is 26.4 Å². The maximum absolute atomic E-state index is 11.9. The van der Waals surface area contributed by atoms with Crippen LogP contribution < -0.4 is 4.83 Å². The molecule has 0 fully saturated rings. The first-order chi connectivity index (χ1) is 10.8. The number of nitrogens with one attached hydrogen (secondary N) is 1. The minimum atomic E-state index is -3.88. The zero-order valence-electron chi connectivity index (χ0n) is 11.4. The molecule has 2 rings (SSSR count). The number of rotatable bonds is 5. The van der Waals surface area contributed by atoms with E-state index in [9.17, 15) is 23.6 Å². The summed E-state index contributed by atoms with van der Waals surface area (Å²) in [6.07, 6.45) is 0.925. The molecule has 0 saturated carbocycles. The van der Waals surface area contributed by atoms with Crippen LogP contribution in [-0.2, 0) is 10.0 Å². The molecule has 0 radical (unpaired) electrons. The maximum Gasteiger partial charge on any atom is 0.312 e. The summed E-state index contributed by atoms with van der Waals surface area (Å²) < 4.78 is 23.9. The number of phenolic OH excluding ortho intramolecular Hbond substituents is 1. The fraction of sp³-hybridized carbons (Fsp3) is 0. The van der Waals surface area contributed by atoms with Crippen LogP contribution in [0.4, 0.5) is 5.69 Å². The van der Waals surface area contributed by atoms with E-state index in [4.69, 9.17) is 11.6 Å². The Kier molecular flexibility index (Phi) is 4.82. The number of hydrogen-bond donors (Lipinski definition) is 2. The van der Waals surface area contributed by atoms with E-state index in [-0.39, 0.29) is 15.5 Å². The summed E-state index contributed by atoms with van der Waals surface area (Å²) in [6, 6.07) is 9.69. The molecule has 0 aromatic heterocycles. The minimum absolute atomic E-state index is 0.00144. The van der Waals surface area contributed by atoms with E-state index in [0.29, 0.717) is 0 Å². The number of benzene rings is 2. The molecule has 0 atom stereocenters. The van der Waals surface area contributed by atoms with Crippen molar-refractivity contribution in [3.05, 3.63) is 63.2 Å². The van der Waals surface area contributed by atoms with Crippen LogP contribution in [-0.4, -0.2) is 24.7 Å². The number of sulfonamides is 1. The van der Waals surface area contributed by atoms with Gasteiger partial charge in [-0.1, -0.05) is 29.8 Å². The summed E-state index contributed by atoms with van der Waals surface area (Å²) in [5, 5.41) is 24.0. The lowest BCUT2D eigenvalue weighted by atomic mass is 10.2. The van der Waals surface area contributed by atoms with Gasteiger partial charge >= 0.3 is 5.69 Å². The van der Waals surface area contributed by atoms with Crippen molar-refractivity contribution in [1.29, 1.82) is 0 Å². The second-order valence-electron chi connectivity index (χ2n) is 4.29. The molecule has 0 heterocycles. The molecule has 10 heteroatoms. The van der Waals surface area contributed by atoms with Crippen LogP contribution in [0.2, 0.25) is 5.02 Å². The molecule has 8 nitrogen and oxygen atoms in total. The lowest BCUT2D eigenvalue weighted by Gasteiger charge is -2.04. The van der Waals surface area contributed by atoms with Crippen molar-refractivity contribution in [3.8, 4) is 5.75 Å². The van der Waals surface area contributed by atoms with E-state index in [0.717, 1.165) is 12.3 Å². The maximum atomic E-state index is 11.9. The average molecular weight is 356 g/mol. The van der Waals surface area contributed by atoms with Gasteiger partial charge in [-0.15, -0.1) is 0 Å². The van der Waals surface area contributed by atoms with Crippen LogP contribution in [0.3, 0.4) is 0 Å². The zero-order chi connectivity index (χ0) is 17.0. The molecule has 120 valence electrons. The lowest BCUT2D eigenvalue weighted by molar-refractivity contribution is -0.385. The highest BCUT2D eigenvalue weighted by atomic mass is 35.5. The van der Waals surface area contributed by atoms with Crippen molar-refractivity contribution in [2.24, 2.45) is 5.10 Å². The van der Waals surface area contributed by atoms with E-state index in [1.807, 2.05) is 4.83 Å². The fourth-order valence-corrected chi connectivity index (χ4v) is 2.69. The molecule has 2 N–H and O–H groups in total. The Balaban J connectivity index is 2.27. The van der Waals surface area contributed by atoms with Gasteiger partial charge in [-0.3, -0.25) is 10.1 Å². The largest absolute Gasteiger partial charge is 0.502 e. The average Bonchev–Trinajstić information content (AvgIpc) is 2.51. The van der Waals surface area contributed by atoms with Gasteiger partial charge < -0.3 is 5.11 Å². The van der Waals surface area contributed by atoms with Gasteiger partial charge in [0.15, 0.2) is 0 Å². The summed E-state index contributed by atoms with van der Waals surface area (Å²) in [5.41, 5.74) is -0.704. The Labute approximate surface area is 136 Å². The van der Waals surface area contributed by atoms with E-state index in [2.05, 4.69) is 5.10 Å². The number of nitro groups is 1. The van der Waals surface area contributed by atoms with Crippen molar-refractivity contribution in [1.82, 2.24) is 4.83 Å². The molecule has 0 aliphatic rings. The number of hydrogen-bond acceptors (Lipinski definition) is 6. The van der Waals surface area contributed by atoms with Gasteiger partial charge in [0.05, 0.1) is 16.0 Å². The lowest BCUT2D eigenvalue weighted by Crippen LogP contribution is -2.18. The fourth-order valence-electron chi connectivity index (χ4n) is 1.66. The van der Waals surface area contributed by atoms with E-state index in [1.54, 1.807) is 18.2 Å². The monoisotopic (exact) mass is 355 g/mol. The molecule has 0 bridgehead atoms. The van der Waals surface area contributed by atoms with Crippen molar-refractivity contribution in [3.63, 3.8) is 0 Å². The molecule has 0 amide bonds. The Hall–Kier alpha value is -2.65. The quantitative estimate of drug-likeness (QED) is 0.484. The summed E-state index contributed by atoms with van der Waals surface area (Å²) in [7, 11) is -3.88. The van der Waals surface area contributed by atoms with Crippen LogP contribution in [0.1, 0.15) is 5.56 Å². The van der Waals surface area contributed by atoms with Gasteiger partial charge in [0.1, 0.15) is 0 Å². The minimum Gasteiger partial charge on any atom is -0.502 e. The van der Waals surface area contributed by atoms with Crippen LogP contribution in [0, 0.1) is 10.1 Å². The number of halogens is 1. The van der Waals surface area contributed by atoms with Crippen molar-refractivity contribution >= 4 is 33.5 Å². The molecule has 2 aromatic rings. The summed E-state index contributed by atoms with van der Waals surface area (Å²) in [6.45, 7) is 0. The highest BCUT2D eigenvalue weighted by Crippen LogP contribution is 2.32. The SMILES string of the molecule is O=[N+]([O-])c1cc(Cl)cc(C=NNS(=O)(=O)c2ccccc2)c1O. The van der Waals surface area contributed by atoms with Crippen LogP contribution >= 0.6 is 11.6 Å². The molecule has 0 aliphatic heterocycles. The molecule has 0 saturated heterocycles. The third-order valence-electron chi connectivity index (χ3n) is 2.71. The van der Waals surface area contributed by atoms with Crippen LogP contribution in [0.5, 0.6) is 5.75 Å². The molecule has 2 aromatic carbocycles. The predicted octanol–water partition coefficient (Wildman–Crippen LogP) is 2.27. The van der Waals surface area contributed by atoms with E-state index in [1.165, 1.54) is 18.2 Å². The highest BCUT2D eigenvalue weighted by molar-refractivity contribution is 7.89. The van der Waals surface area contributed by atoms with Crippen molar-refractivity contribution in [2.75, 3.05) is 0 Å². The Morgan fingerprint density at radius 3 is 2.52 bits per heavy atom. The van der Waals surface area contributed by atoms with E-state index >= 15 is 0 Å². The second kappa shape index (κ2) is 6.63.